The monoisotopic (exact) mass is 422 g/mol. The molecule has 0 unspecified atom stereocenters. The lowest BCUT2D eigenvalue weighted by Crippen LogP contribution is -2.22. The third-order valence-electron chi connectivity index (χ3n) is 4.74. The number of aromatic nitrogens is 4. The second-order valence-electron chi connectivity index (χ2n) is 7.08. The van der Waals surface area contributed by atoms with Crippen LogP contribution < -0.4 is 15.8 Å². The number of nitrogen functional groups attached to an aromatic ring is 1. The van der Waals surface area contributed by atoms with Gasteiger partial charge in [0.1, 0.15) is 34.0 Å². The molecule has 154 valence electrons. The Labute approximate surface area is 177 Å². The van der Waals surface area contributed by atoms with Crippen LogP contribution >= 0.6 is 11.3 Å². The highest BCUT2D eigenvalue weighted by Crippen LogP contribution is 2.30. The van der Waals surface area contributed by atoms with Crippen LogP contribution in [0.2, 0.25) is 0 Å². The van der Waals surface area contributed by atoms with Crippen LogP contribution in [0, 0.1) is 0 Å². The van der Waals surface area contributed by atoms with Crippen molar-refractivity contribution in [2.45, 2.75) is 26.3 Å². The third kappa shape index (κ3) is 3.59. The number of carbonyl (C=O) groups is 1. The summed E-state index contributed by atoms with van der Waals surface area (Å²) in [6.45, 7) is 4.53. The number of methoxy groups -OCH3 is 1. The molecule has 0 saturated heterocycles. The Kier molecular flexibility index (Phi) is 5.37. The van der Waals surface area contributed by atoms with E-state index in [2.05, 4.69) is 29.2 Å². The molecule has 4 rings (SSSR count). The number of ether oxygens (including phenoxy) is 1. The van der Waals surface area contributed by atoms with Crippen LogP contribution in [0.5, 0.6) is 5.75 Å². The van der Waals surface area contributed by atoms with E-state index < -0.39 is 0 Å². The zero-order valence-electron chi connectivity index (χ0n) is 16.9. The normalized spacial score (nSPS) is 11.2. The average molecular weight is 423 g/mol. The first-order valence-corrected chi connectivity index (χ1v) is 10.4. The van der Waals surface area contributed by atoms with Crippen LogP contribution in [0.25, 0.3) is 16.8 Å². The average Bonchev–Trinajstić information content (AvgIpc) is 3.38. The maximum absolute atomic E-state index is 12.4. The van der Waals surface area contributed by atoms with Crippen LogP contribution in [0.1, 0.15) is 40.8 Å². The van der Waals surface area contributed by atoms with Crippen molar-refractivity contribution in [3.63, 3.8) is 0 Å². The van der Waals surface area contributed by atoms with Gasteiger partial charge < -0.3 is 15.8 Å². The second kappa shape index (κ2) is 8.11. The number of rotatable bonds is 6. The van der Waals surface area contributed by atoms with Gasteiger partial charge in [-0.15, -0.1) is 11.3 Å². The fourth-order valence-corrected chi connectivity index (χ4v) is 3.99. The SMILES string of the molecule is COc1ccsc1C(=O)NCc1ccc(-c2nc(C(C)C)n3ncnc(N)c23)cc1. The van der Waals surface area contributed by atoms with Crippen LogP contribution in [0.3, 0.4) is 0 Å². The van der Waals surface area contributed by atoms with E-state index in [1.54, 1.807) is 17.7 Å². The summed E-state index contributed by atoms with van der Waals surface area (Å²) < 4.78 is 6.96. The van der Waals surface area contributed by atoms with Crippen molar-refractivity contribution >= 4 is 28.6 Å². The largest absolute Gasteiger partial charge is 0.495 e. The van der Waals surface area contributed by atoms with Crippen molar-refractivity contribution in [2.24, 2.45) is 0 Å². The lowest BCUT2D eigenvalue weighted by atomic mass is 10.1. The summed E-state index contributed by atoms with van der Waals surface area (Å²) in [6, 6.07) is 9.63. The highest BCUT2D eigenvalue weighted by molar-refractivity contribution is 7.12. The number of hydrogen-bond donors (Lipinski definition) is 2. The van der Waals surface area contributed by atoms with Gasteiger partial charge in [-0.05, 0) is 17.0 Å². The van der Waals surface area contributed by atoms with E-state index in [0.717, 1.165) is 22.6 Å². The van der Waals surface area contributed by atoms with Crippen molar-refractivity contribution in [2.75, 3.05) is 12.8 Å². The second-order valence-corrected chi connectivity index (χ2v) is 7.99. The van der Waals surface area contributed by atoms with E-state index >= 15 is 0 Å². The number of anilines is 1. The molecule has 30 heavy (non-hydrogen) atoms. The van der Waals surface area contributed by atoms with E-state index in [4.69, 9.17) is 15.5 Å². The standard InChI is InChI=1S/C21H22N6O2S/c1-12(2)20-26-16(17-19(22)24-11-25-27(17)20)14-6-4-13(5-7-14)10-23-21(28)18-15(29-3)8-9-30-18/h4-9,11-12H,10H2,1-3H3,(H,23,28)(H2,22,24,25). The van der Waals surface area contributed by atoms with Crippen LogP contribution in [0.15, 0.2) is 42.0 Å². The smallest absolute Gasteiger partial charge is 0.265 e. The first-order valence-electron chi connectivity index (χ1n) is 9.47. The van der Waals surface area contributed by atoms with Gasteiger partial charge in [0.15, 0.2) is 5.82 Å². The van der Waals surface area contributed by atoms with Gasteiger partial charge in [-0.3, -0.25) is 4.79 Å². The van der Waals surface area contributed by atoms with Crippen molar-refractivity contribution in [3.8, 4) is 17.0 Å². The molecule has 0 aliphatic rings. The summed E-state index contributed by atoms with van der Waals surface area (Å²) in [7, 11) is 1.56. The molecule has 3 aromatic heterocycles. The van der Waals surface area contributed by atoms with E-state index in [0.29, 0.717) is 28.5 Å². The summed E-state index contributed by atoms with van der Waals surface area (Å²) in [4.78, 5) is 21.8. The molecule has 3 heterocycles. The van der Waals surface area contributed by atoms with Crippen molar-refractivity contribution < 1.29 is 9.53 Å². The molecule has 1 aromatic carbocycles. The van der Waals surface area contributed by atoms with Crippen molar-refractivity contribution in [1.29, 1.82) is 0 Å². The molecular formula is C21H22N6O2S. The molecule has 0 aliphatic carbocycles. The van der Waals surface area contributed by atoms with Gasteiger partial charge in [-0.2, -0.15) is 5.10 Å². The number of benzene rings is 1. The van der Waals surface area contributed by atoms with Gasteiger partial charge >= 0.3 is 0 Å². The molecule has 0 bridgehead atoms. The molecule has 8 nitrogen and oxygen atoms in total. The Morgan fingerprint density at radius 1 is 1.27 bits per heavy atom. The summed E-state index contributed by atoms with van der Waals surface area (Å²) in [5.41, 5.74) is 9.45. The molecule has 4 aromatic rings. The summed E-state index contributed by atoms with van der Waals surface area (Å²) in [6.07, 6.45) is 1.44. The number of carbonyl (C=O) groups excluding carboxylic acids is 1. The predicted octanol–water partition coefficient (Wildman–Crippen LogP) is 3.50. The van der Waals surface area contributed by atoms with Crippen LogP contribution in [0.4, 0.5) is 5.82 Å². The Bertz CT molecular complexity index is 1200. The number of hydrogen-bond acceptors (Lipinski definition) is 7. The van der Waals surface area contributed by atoms with Gasteiger partial charge in [0.25, 0.3) is 5.91 Å². The van der Waals surface area contributed by atoms with Crippen molar-refractivity contribution in [1.82, 2.24) is 24.9 Å². The quantitative estimate of drug-likeness (QED) is 0.492. The maximum Gasteiger partial charge on any atom is 0.265 e. The number of nitrogens with two attached hydrogens (primary N) is 1. The summed E-state index contributed by atoms with van der Waals surface area (Å²) >= 11 is 1.35. The Morgan fingerprint density at radius 2 is 2.03 bits per heavy atom. The minimum atomic E-state index is -0.155. The zero-order valence-corrected chi connectivity index (χ0v) is 17.7. The maximum atomic E-state index is 12.4. The Morgan fingerprint density at radius 3 is 2.73 bits per heavy atom. The molecule has 3 N–H and O–H groups in total. The van der Waals surface area contributed by atoms with E-state index in [1.807, 2.05) is 29.6 Å². The predicted molar refractivity (Wildman–Crippen MR) is 117 cm³/mol. The molecule has 0 radical (unpaired) electrons. The topological polar surface area (TPSA) is 107 Å². The minimum Gasteiger partial charge on any atom is -0.495 e. The first-order chi connectivity index (χ1) is 14.5. The lowest BCUT2D eigenvalue weighted by molar-refractivity contribution is 0.0952. The number of nitrogens with one attached hydrogen (secondary N) is 1. The minimum absolute atomic E-state index is 0.155. The molecule has 9 heteroatoms. The van der Waals surface area contributed by atoms with Crippen LogP contribution in [-0.2, 0) is 6.54 Å². The van der Waals surface area contributed by atoms with E-state index in [1.165, 1.54) is 17.7 Å². The number of amides is 1. The molecular weight excluding hydrogens is 400 g/mol. The fraction of sp³-hybridized carbons (Fsp3) is 0.238. The summed E-state index contributed by atoms with van der Waals surface area (Å²) in [5, 5.41) is 9.08. The first kappa shape index (κ1) is 19.8. The number of thiophene rings is 1. The molecule has 0 spiro atoms. The molecule has 0 fully saturated rings. The highest BCUT2D eigenvalue weighted by Gasteiger charge is 2.19. The van der Waals surface area contributed by atoms with Gasteiger partial charge in [0.2, 0.25) is 0 Å². The molecule has 0 aliphatic heterocycles. The molecule has 0 atom stereocenters. The van der Waals surface area contributed by atoms with Gasteiger partial charge in [0.05, 0.1) is 7.11 Å². The van der Waals surface area contributed by atoms with Gasteiger partial charge in [-0.1, -0.05) is 38.1 Å². The number of imidazole rings is 1. The number of fused-ring (bicyclic) bond motifs is 1. The third-order valence-corrected chi connectivity index (χ3v) is 5.63. The van der Waals surface area contributed by atoms with Crippen molar-refractivity contribution in [3.05, 3.63) is 58.3 Å². The summed E-state index contributed by atoms with van der Waals surface area (Å²) in [5.74, 6) is 1.83. The van der Waals surface area contributed by atoms with Gasteiger partial charge in [0, 0.05) is 18.0 Å². The Hall–Kier alpha value is -3.46. The van der Waals surface area contributed by atoms with Gasteiger partial charge in [-0.25, -0.2) is 14.5 Å². The molecule has 0 saturated carbocycles. The fourth-order valence-electron chi connectivity index (χ4n) is 3.22. The van der Waals surface area contributed by atoms with Crippen LogP contribution in [-0.4, -0.2) is 32.6 Å². The van der Waals surface area contributed by atoms with E-state index in [9.17, 15) is 4.79 Å². The zero-order chi connectivity index (χ0) is 21.3. The Balaban J connectivity index is 1.56. The number of nitrogens with zero attached hydrogens (tertiary/aromatic N) is 4. The highest BCUT2D eigenvalue weighted by atomic mass is 32.1. The van der Waals surface area contributed by atoms with E-state index in [-0.39, 0.29) is 11.8 Å². The lowest BCUT2D eigenvalue weighted by Gasteiger charge is -2.07. The molecule has 1 amide bonds.